The normalized spacial score (nSPS) is 35.9. The summed E-state index contributed by atoms with van der Waals surface area (Å²) in [6, 6.07) is 0. The molecule has 7 heteroatoms. The summed E-state index contributed by atoms with van der Waals surface area (Å²) in [5, 5.41) is 3.33. The van der Waals surface area contributed by atoms with Crippen molar-refractivity contribution < 1.29 is 13.2 Å². The van der Waals surface area contributed by atoms with Crippen LogP contribution in [0.5, 0.6) is 0 Å². The van der Waals surface area contributed by atoms with Gasteiger partial charge in [-0.15, -0.1) is 12.4 Å². The highest BCUT2D eigenvalue weighted by molar-refractivity contribution is 7.89. The highest BCUT2D eigenvalue weighted by atomic mass is 35.5. The van der Waals surface area contributed by atoms with E-state index >= 15 is 0 Å². The molecule has 0 aromatic heterocycles. The molecule has 0 amide bonds. The van der Waals surface area contributed by atoms with Crippen molar-refractivity contribution in [3.63, 3.8) is 0 Å². The molecule has 112 valence electrons. The molecule has 3 aliphatic heterocycles. The van der Waals surface area contributed by atoms with Gasteiger partial charge in [0.15, 0.2) is 0 Å². The molecule has 3 fully saturated rings. The van der Waals surface area contributed by atoms with E-state index in [9.17, 15) is 8.42 Å². The van der Waals surface area contributed by atoms with E-state index in [1.165, 1.54) is 0 Å². The van der Waals surface area contributed by atoms with Gasteiger partial charge in [-0.25, -0.2) is 12.7 Å². The molecule has 1 N–H and O–H groups in total. The van der Waals surface area contributed by atoms with Crippen LogP contribution < -0.4 is 5.32 Å². The quantitative estimate of drug-likeness (QED) is 0.823. The van der Waals surface area contributed by atoms with Gasteiger partial charge in [0.25, 0.3) is 0 Å². The average Bonchev–Trinajstić information content (AvgIpc) is 2.89. The van der Waals surface area contributed by atoms with Gasteiger partial charge >= 0.3 is 0 Å². The molecule has 0 bridgehead atoms. The third-order valence-corrected chi connectivity index (χ3v) is 6.30. The van der Waals surface area contributed by atoms with E-state index in [0.717, 1.165) is 39.0 Å². The van der Waals surface area contributed by atoms with E-state index in [4.69, 9.17) is 4.74 Å². The maximum Gasteiger partial charge on any atom is 0.216 e. The zero-order valence-electron chi connectivity index (χ0n) is 11.1. The van der Waals surface area contributed by atoms with Crippen molar-refractivity contribution in [3.05, 3.63) is 0 Å². The second kappa shape index (κ2) is 6.26. The fraction of sp³-hybridized carbons (Fsp3) is 1.00. The Bertz CT molecular complexity index is 386. The van der Waals surface area contributed by atoms with E-state index in [0.29, 0.717) is 24.9 Å². The topological polar surface area (TPSA) is 58.6 Å². The number of sulfonamides is 1. The van der Waals surface area contributed by atoms with Crippen LogP contribution >= 0.6 is 12.4 Å². The number of hydrogen-bond acceptors (Lipinski definition) is 4. The molecule has 19 heavy (non-hydrogen) atoms. The lowest BCUT2D eigenvalue weighted by Gasteiger charge is -2.25. The van der Waals surface area contributed by atoms with Crippen LogP contribution in [0.4, 0.5) is 0 Å². The Labute approximate surface area is 121 Å². The van der Waals surface area contributed by atoms with Gasteiger partial charge < -0.3 is 10.1 Å². The monoisotopic (exact) mass is 310 g/mol. The van der Waals surface area contributed by atoms with Gasteiger partial charge in [0.2, 0.25) is 10.0 Å². The lowest BCUT2D eigenvalue weighted by Crippen LogP contribution is -2.38. The number of hydrogen-bond donors (Lipinski definition) is 1. The van der Waals surface area contributed by atoms with Crippen LogP contribution in [-0.2, 0) is 14.8 Å². The highest BCUT2D eigenvalue weighted by Crippen LogP contribution is 2.29. The summed E-state index contributed by atoms with van der Waals surface area (Å²) in [6.07, 6.45) is 2.97. The van der Waals surface area contributed by atoms with Gasteiger partial charge in [0.05, 0.1) is 11.9 Å². The second-order valence-electron chi connectivity index (χ2n) is 5.76. The summed E-state index contributed by atoms with van der Waals surface area (Å²) in [6.45, 7) is 4.06. The molecule has 1 unspecified atom stereocenters. The number of nitrogens with zero attached hydrogens (tertiary/aromatic N) is 1. The Morgan fingerprint density at radius 3 is 2.42 bits per heavy atom. The summed E-state index contributed by atoms with van der Waals surface area (Å²) in [4.78, 5) is 0. The Morgan fingerprint density at radius 1 is 1.16 bits per heavy atom. The number of ether oxygens (including phenoxy) is 1. The van der Waals surface area contributed by atoms with Gasteiger partial charge in [-0.2, -0.15) is 0 Å². The third kappa shape index (κ3) is 3.42. The van der Waals surface area contributed by atoms with Crippen LogP contribution in [0.1, 0.15) is 19.3 Å². The predicted octanol–water partition coefficient (Wildman–Crippen LogP) is 0.458. The first-order valence-electron chi connectivity index (χ1n) is 6.95. The van der Waals surface area contributed by atoms with E-state index in [2.05, 4.69) is 5.32 Å². The molecule has 0 aliphatic carbocycles. The van der Waals surface area contributed by atoms with Crippen LogP contribution in [0.2, 0.25) is 0 Å². The molecular formula is C12H23ClN2O3S. The lowest BCUT2D eigenvalue weighted by molar-refractivity contribution is 0.0299. The van der Waals surface area contributed by atoms with Crippen LogP contribution in [0.3, 0.4) is 0 Å². The van der Waals surface area contributed by atoms with E-state index in [-0.39, 0.29) is 24.3 Å². The number of halogens is 1. The molecule has 0 aromatic carbocycles. The molecule has 5 nitrogen and oxygen atoms in total. The van der Waals surface area contributed by atoms with Crippen molar-refractivity contribution >= 4 is 22.4 Å². The SMILES string of the molecule is Cl.O=S(=O)(CC1CCCCO1)N1C[C@H]2CNC[C@H]2C1. The maximum absolute atomic E-state index is 12.4. The maximum atomic E-state index is 12.4. The van der Waals surface area contributed by atoms with Crippen molar-refractivity contribution in [1.29, 1.82) is 0 Å². The molecule has 3 heterocycles. The van der Waals surface area contributed by atoms with Crippen LogP contribution in [0, 0.1) is 11.8 Å². The lowest BCUT2D eigenvalue weighted by atomic mass is 10.0. The zero-order valence-corrected chi connectivity index (χ0v) is 12.7. The van der Waals surface area contributed by atoms with Gasteiger partial charge in [0, 0.05) is 19.7 Å². The van der Waals surface area contributed by atoms with Gasteiger partial charge in [-0.05, 0) is 44.2 Å². The fourth-order valence-corrected chi connectivity index (χ4v) is 5.10. The number of rotatable bonds is 3. The Morgan fingerprint density at radius 2 is 1.84 bits per heavy atom. The van der Waals surface area contributed by atoms with Crippen molar-refractivity contribution in [1.82, 2.24) is 9.62 Å². The number of nitrogens with one attached hydrogen (secondary N) is 1. The smallest absolute Gasteiger partial charge is 0.216 e. The molecule has 0 saturated carbocycles. The summed E-state index contributed by atoms with van der Waals surface area (Å²) >= 11 is 0. The molecule has 3 aliphatic rings. The van der Waals surface area contributed by atoms with E-state index in [1.807, 2.05) is 0 Å². The summed E-state index contributed by atoms with van der Waals surface area (Å²) in [5.74, 6) is 1.22. The van der Waals surface area contributed by atoms with Crippen LogP contribution in [0.25, 0.3) is 0 Å². The van der Waals surface area contributed by atoms with Crippen molar-refractivity contribution in [2.24, 2.45) is 11.8 Å². The fourth-order valence-electron chi connectivity index (χ4n) is 3.32. The minimum absolute atomic E-state index is 0. The summed E-state index contributed by atoms with van der Waals surface area (Å²) < 4.78 is 32.0. The van der Waals surface area contributed by atoms with E-state index in [1.54, 1.807) is 4.31 Å². The highest BCUT2D eigenvalue weighted by Gasteiger charge is 2.41. The van der Waals surface area contributed by atoms with Crippen molar-refractivity contribution in [2.75, 3.05) is 38.5 Å². The Hall–Kier alpha value is 0.120. The van der Waals surface area contributed by atoms with Crippen molar-refractivity contribution in [2.45, 2.75) is 25.4 Å². The predicted molar refractivity (Wildman–Crippen MR) is 76.0 cm³/mol. The average molecular weight is 311 g/mol. The molecule has 3 atom stereocenters. The molecule has 3 rings (SSSR count). The first kappa shape index (κ1) is 15.5. The second-order valence-corrected chi connectivity index (χ2v) is 7.78. The summed E-state index contributed by atoms with van der Waals surface area (Å²) in [5.41, 5.74) is 0. The molecule has 3 saturated heterocycles. The molecule has 0 spiro atoms. The Balaban J connectivity index is 0.00000133. The standard InChI is InChI=1S/C12H22N2O3S.ClH/c15-18(16,9-12-3-1-2-4-17-12)14-7-10-5-13-6-11(10)8-14;/h10-13H,1-9H2;1H/t10-,11+,12?;. The molecule has 0 radical (unpaired) electrons. The van der Waals surface area contributed by atoms with Crippen LogP contribution in [0.15, 0.2) is 0 Å². The van der Waals surface area contributed by atoms with Gasteiger partial charge in [0.1, 0.15) is 0 Å². The zero-order chi connectivity index (χ0) is 12.6. The first-order valence-corrected chi connectivity index (χ1v) is 8.56. The van der Waals surface area contributed by atoms with E-state index < -0.39 is 10.0 Å². The Kier molecular flexibility index (Phi) is 5.11. The minimum Gasteiger partial charge on any atom is -0.377 e. The number of fused-ring (bicyclic) bond motifs is 1. The molecule has 0 aromatic rings. The molecular weight excluding hydrogens is 288 g/mol. The largest absolute Gasteiger partial charge is 0.377 e. The first-order chi connectivity index (χ1) is 8.65. The summed E-state index contributed by atoms with van der Waals surface area (Å²) in [7, 11) is -3.12. The van der Waals surface area contributed by atoms with Crippen molar-refractivity contribution in [3.8, 4) is 0 Å². The van der Waals surface area contributed by atoms with Crippen LogP contribution in [-0.4, -0.2) is 57.4 Å². The minimum atomic E-state index is -3.12. The third-order valence-electron chi connectivity index (χ3n) is 4.42. The van der Waals surface area contributed by atoms with Gasteiger partial charge in [-0.1, -0.05) is 0 Å². The van der Waals surface area contributed by atoms with Gasteiger partial charge in [-0.3, -0.25) is 0 Å².